The molecule has 1 aromatic heterocycles. The smallest absolute Gasteiger partial charge is 0.408 e. The van der Waals surface area contributed by atoms with Gasteiger partial charge in [-0.15, -0.1) is 0 Å². The molecule has 1 saturated carbocycles. The second-order valence-electron chi connectivity index (χ2n) is 10.3. The predicted octanol–water partition coefficient (Wildman–Crippen LogP) is 4.79. The highest BCUT2D eigenvalue weighted by atomic mass is 19.3. The Morgan fingerprint density at radius 3 is 2.53 bits per heavy atom. The maximum Gasteiger partial charge on any atom is 0.408 e. The van der Waals surface area contributed by atoms with Crippen LogP contribution in [0.25, 0.3) is 11.5 Å². The van der Waals surface area contributed by atoms with Crippen molar-refractivity contribution in [3.05, 3.63) is 29.7 Å². The van der Waals surface area contributed by atoms with Gasteiger partial charge < -0.3 is 33.6 Å². The van der Waals surface area contributed by atoms with E-state index in [9.17, 15) is 18.4 Å². The first-order valence-corrected chi connectivity index (χ1v) is 12.6. The summed E-state index contributed by atoms with van der Waals surface area (Å²) in [7, 11) is 0. The van der Waals surface area contributed by atoms with Crippen LogP contribution in [-0.2, 0) is 9.47 Å². The number of hydrogen-bond donors (Lipinski definition) is 1. The zero-order chi connectivity index (χ0) is 27.4. The Morgan fingerprint density at radius 2 is 1.89 bits per heavy atom. The maximum atomic E-state index is 13.4. The summed E-state index contributed by atoms with van der Waals surface area (Å²) in [5.74, 6) is 0.212. The molecule has 10 nitrogen and oxygen atoms in total. The molecule has 2 amide bonds. The molecule has 0 spiro atoms. The summed E-state index contributed by atoms with van der Waals surface area (Å²) in [6.45, 7) is 5.77. The molecule has 0 unspecified atom stereocenters. The van der Waals surface area contributed by atoms with Gasteiger partial charge in [-0.1, -0.05) is 0 Å². The van der Waals surface area contributed by atoms with Gasteiger partial charge in [-0.3, -0.25) is 4.79 Å². The third-order valence-electron chi connectivity index (χ3n) is 5.86. The Hall–Kier alpha value is -3.41. The zero-order valence-electron chi connectivity index (χ0n) is 21.9. The molecular formula is C26H33F2N3O7. The quantitative estimate of drug-likeness (QED) is 0.486. The topological polar surface area (TPSA) is 112 Å². The lowest BCUT2D eigenvalue weighted by Gasteiger charge is -2.26. The number of alkyl carbamates (subject to hydrolysis) is 1. The van der Waals surface area contributed by atoms with Crippen molar-refractivity contribution in [2.75, 3.05) is 32.9 Å². The Bertz CT molecular complexity index is 1140. The predicted molar refractivity (Wildman–Crippen MR) is 131 cm³/mol. The van der Waals surface area contributed by atoms with Crippen molar-refractivity contribution in [2.45, 2.75) is 58.8 Å². The molecule has 0 bridgehead atoms. The average Bonchev–Trinajstić information content (AvgIpc) is 3.57. The van der Waals surface area contributed by atoms with Crippen LogP contribution in [-0.4, -0.2) is 67.0 Å². The summed E-state index contributed by atoms with van der Waals surface area (Å²) in [5.41, 5.74) is -0.301. The fourth-order valence-electron chi connectivity index (χ4n) is 3.81. The van der Waals surface area contributed by atoms with Gasteiger partial charge in [0.05, 0.1) is 25.9 Å². The third kappa shape index (κ3) is 7.33. The number of oxazole rings is 1. The fraction of sp³-hybridized carbons (Fsp3) is 0.577. The molecule has 2 fully saturated rings. The molecular weight excluding hydrogens is 504 g/mol. The summed E-state index contributed by atoms with van der Waals surface area (Å²) in [6.07, 6.45) is 1.35. The maximum absolute atomic E-state index is 13.4. The van der Waals surface area contributed by atoms with Crippen molar-refractivity contribution in [2.24, 2.45) is 5.92 Å². The Balaban J connectivity index is 1.66. The van der Waals surface area contributed by atoms with Gasteiger partial charge in [-0.2, -0.15) is 8.78 Å². The second-order valence-corrected chi connectivity index (χ2v) is 10.3. The van der Waals surface area contributed by atoms with E-state index in [-0.39, 0.29) is 34.8 Å². The van der Waals surface area contributed by atoms with Gasteiger partial charge in [-0.25, -0.2) is 9.78 Å². The fourth-order valence-corrected chi connectivity index (χ4v) is 3.81. The van der Waals surface area contributed by atoms with Crippen molar-refractivity contribution < 1.29 is 41.7 Å². The van der Waals surface area contributed by atoms with Crippen LogP contribution in [0, 0.1) is 5.92 Å². The number of alkyl halides is 2. The molecule has 0 radical (unpaired) electrons. The molecule has 38 heavy (non-hydrogen) atoms. The minimum absolute atomic E-state index is 0.0267. The van der Waals surface area contributed by atoms with Gasteiger partial charge in [0.2, 0.25) is 5.89 Å². The highest BCUT2D eigenvalue weighted by Crippen LogP contribution is 2.37. The van der Waals surface area contributed by atoms with E-state index in [1.54, 1.807) is 32.6 Å². The van der Waals surface area contributed by atoms with Gasteiger partial charge in [-0.05, 0) is 64.7 Å². The molecule has 12 heteroatoms. The normalized spacial score (nSPS) is 16.8. The minimum atomic E-state index is -3.02. The van der Waals surface area contributed by atoms with E-state index in [2.05, 4.69) is 15.0 Å². The van der Waals surface area contributed by atoms with Crippen LogP contribution in [0.15, 0.2) is 22.6 Å². The molecule has 2 aromatic rings. The lowest BCUT2D eigenvalue weighted by molar-refractivity contribution is -0.0515. The number of halogens is 2. The molecule has 208 valence electrons. The molecule has 1 aromatic carbocycles. The van der Waals surface area contributed by atoms with Gasteiger partial charge in [0.15, 0.2) is 23.0 Å². The number of morpholine rings is 1. The summed E-state index contributed by atoms with van der Waals surface area (Å²) < 4.78 is 53.0. The van der Waals surface area contributed by atoms with Crippen LogP contribution in [0.4, 0.5) is 13.6 Å². The lowest BCUT2D eigenvalue weighted by Crippen LogP contribution is -2.41. The van der Waals surface area contributed by atoms with Gasteiger partial charge in [0.25, 0.3) is 5.91 Å². The van der Waals surface area contributed by atoms with Crippen molar-refractivity contribution in [1.29, 1.82) is 0 Å². The summed E-state index contributed by atoms with van der Waals surface area (Å²) in [5, 5.41) is 2.68. The number of amides is 2. The number of aromatic nitrogens is 1. The molecule has 1 aliphatic heterocycles. The number of rotatable bonds is 9. The third-order valence-corrected chi connectivity index (χ3v) is 5.86. The molecule has 4 rings (SSSR count). The standard InChI is InChI=1S/C26H33F2N3O7/c1-15(29-25(33)38-26(2,3)4)21-20(23(32)31-9-11-34-12-10-31)30-22(37-21)17-7-8-18(36-24(27)28)19(13-17)35-14-16-5-6-16/h7-8,13,15-16,24H,5-6,9-12,14H2,1-4H3,(H,29,33)/t15-/m0/s1. The van der Waals surface area contributed by atoms with E-state index in [0.29, 0.717) is 44.4 Å². The number of benzene rings is 1. The summed E-state index contributed by atoms with van der Waals surface area (Å²) in [4.78, 5) is 31.9. The van der Waals surface area contributed by atoms with E-state index >= 15 is 0 Å². The molecule has 1 N–H and O–H groups in total. The van der Waals surface area contributed by atoms with Crippen molar-refractivity contribution in [3.63, 3.8) is 0 Å². The molecule has 2 heterocycles. The number of ether oxygens (including phenoxy) is 4. The van der Waals surface area contributed by atoms with Gasteiger partial charge >= 0.3 is 12.7 Å². The zero-order valence-corrected chi connectivity index (χ0v) is 21.9. The monoisotopic (exact) mass is 537 g/mol. The first-order chi connectivity index (χ1) is 18.0. The number of carbonyl (C=O) groups excluding carboxylic acids is 2. The van der Waals surface area contributed by atoms with Crippen LogP contribution in [0.3, 0.4) is 0 Å². The van der Waals surface area contributed by atoms with Crippen LogP contribution >= 0.6 is 0 Å². The molecule has 1 saturated heterocycles. The van der Waals surface area contributed by atoms with Crippen molar-refractivity contribution >= 4 is 12.0 Å². The molecule has 1 atom stereocenters. The van der Waals surface area contributed by atoms with Crippen LogP contribution in [0.2, 0.25) is 0 Å². The van der Waals surface area contributed by atoms with E-state index in [1.165, 1.54) is 18.2 Å². The van der Waals surface area contributed by atoms with E-state index in [1.807, 2.05) is 0 Å². The highest BCUT2D eigenvalue weighted by Gasteiger charge is 2.31. The SMILES string of the molecule is C[C@H](NC(=O)OC(C)(C)C)c1oc(-c2ccc(OC(F)F)c(OCC3CC3)c2)nc1C(=O)N1CCOCC1. The highest BCUT2D eigenvalue weighted by molar-refractivity contribution is 5.94. The van der Waals surface area contributed by atoms with Crippen LogP contribution in [0.1, 0.15) is 62.8 Å². The number of nitrogens with one attached hydrogen (secondary N) is 1. The van der Waals surface area contributed by atoms with Crippen LogP contribution in [0.5, 0.6) is 11.5 Å². The molecule has 2 aliphatic rings. The Morgan fingerprint density at radius 1 is 1.18 bits per heavy atom. The van der Waals surface area contributed by atoms with Crippen molar-refractivity contribution in [1.82, 2.24) is 15.2 Å². The van der Waals surface area contributed by atoms with Crippen LogP contribution < -0.4 is 14.8 Å². The van der Waals surface area contributed by atoms with Gasteiger partial charge in [0.1, 0.15) is 5.60 Å². The lowest BCUT2D eigenvalue weighted by atomic mass is 10.2. The van der Waals surface area contributed by atoms with E-state index in [0.717, 1.165) is 12.8 Å². The molecule has 1 aliphatic carbocycles. The average molecular weight is 538 g/mol. The summed E-state index contributed by atoms with van der Waals surface area (Å²) in [6, 6.07) is 3.56. The van der Waals surface area contributed by atoms with E-state index in [4.69, 9.17) is 18.6 Å². The number of hydrogen-bond acceptors (Lipinski definition) is 8. The largest absolute Gasteiger partial charge is 0.489 e. The number of carbonyl (C=O) groups is 2. The summed E-state index contributed by atoms with van der Waals surface area (Å²) >= 11 is 0. The van der Waals surface area contributed by atoms with E-state index < -0.39 is 24.3 Å². The first kappa shape index (κ1) is 27.6. The first-order valence-electron chi connectivity index (χ1n) is 12.6. The minimum Gasteiger partial charge on any atom is -0.489 e. The second kappa shape index (κ2) is 11.5. The Labute approximate surface area is 219 Å². The van der Waals surface area contributed by atoms with Crippen molar-refractivity contribution in [3.8, 4) is 23.0 Å². The Kier molecular flexibility index (Phi) is 8.39. The number of nitrogens with zero attached hydrogens (tertiary/aromatic N) is 2. The van der Waals surface area contributed by atoms with Gasteiger partial charge in [0, 0.05) is 18.7 Å².